The summed E-state index contributed by atoms with van der Waals surface area (Å²) in [7, 11) is 0. The molecule has 30 heavy (non-hydrogen) atoms. The SMILES string of the molecule is O=C(CCc1nnc(-c2ccc3c(c2)OCO3)o1)N1CCCC1c1ccc(F)cc1. The summed E-state index contributed by atoms with van der Waals surface area (Å²) in [5.41, 5.74) is 1.70. The highest BCUT2D eigenvalue weighted by molar-refractivity contribution is 5.77. The first kappa shape index (κ1) is 18.6. The molecule has 8 heteroatoms. The summed E-state index contributed by atoms with van der Waals surface area (Å²) in [6.45, 7) is 0.901. The number of nitrogens with zero attached hydrogens (tertiary/aromatic N) is 3. The third kappa shape index (κ3) is 3.60. The van der Waals surface area contributed by atoms with Crippen LogP contribution < -0.4 is 9.47 Å². The van der Waals surface area contributed by atoms with Gasteiger partial charge in [0.15, 0.2) is 11.5 Å². The largest absolute Gasteiger partial charge is 0.454 e. The highest BCUT2D eigenvalue weighted by Gasteiger charge is 2.30. The summed E-state index contributed by atoms with van der Waals surface area (Å²) in [4.78, 5) is 14.7. The van der Waals surface area contributed by atoms with Crippen molar-refractivity contribution in [1.29, 1.82) is 0 Å². The summed E-state index contributed by atoms with van der Waals surface area (Å²) in [6, 6.07) is 11.8. The lowest BCUT2D eigenvalue weighted by atomic mass is 10.0. The highest BCUT2D eigenvalue weighted by Crippen LogP contribution is 2.36. The number of amides is 1. The Kier molecular flexibility index (Phi) is 4.82. The van der Waals surface area contributed by atoms with Crippen LogP contribution in [0.4, 0.5) is 4.39 Å². The van der Waals surface area contributed by atoms with Gasteiger partial charge in [-0.2, -0.15) is 0 Å². The van der Waals surface area contributed by atoms with E-state index < -0.39 is 0 Å². The van der Waals surface area contributed by atoms with E-state index in [-0.39, 0.29) is 31.0 Å². The molecule has 2 aliphatic heterocycles. The van der Waals surface area contributed by atoms with Crippen molar-refractivity contribution >= 4 is 5.91 Å². The molecule has 1 aromatic heterocycles. The van der Waals surface area contributed by atoms with Gasteiger partial charge in [-0.3, -0.25) is 4.79 Å². The van der Waals surface area contributed by atoms with E-state index in [9.17, 15) is 9.18 Å². The Morgan fingerprint density at radius 2 is 1.93 bits per heavy atom. The fourth-order valence-corrected chi connectivity index (χ4v) is 3.96. The van der Waals surface area contributed by atoms with E-state index in [1.165, 1.54) is 12.1 Å². The Hall–Kier alpha value is -3.42. The van der Waals surface area contributed by atoms with Crippen LogP contribution in [0.2, 0.25) is 0 Å². The Bertz CT molecular complexity index is 1070. The summed E-state index contributed by atoms with van der Waals surface area (Å²) in [5, 5.41) is 8.16. The zero-order valence-corrected chi connectivity index (χ0v) is 16.2. The average Bonchev–Trinajstić information content (AvgIpc) is 3.52. The molecule has 0 radical (unpaired) electrons. The maximum absolute atomic E-state index is 13.2. The molecule has 0 aliphatic carbocycles. The quantitative estimate of drug-likeness (QED) is 0.636. The maximum atomic E-state index is 13.2. The number of benzene rings is 2. The van der Waals surface area contributed by atoms with Gasteiger partial charge in [-0.1, -0.05) is 12.1 Å². The van der Waals surface area contributed by atoms with Gasteiger partial charge >= 0.3 is 0 Å². The van der Waals surface area contributed by atoms with Crippen molar-refractivity contribution in [1.82, 2.24) is 15.1 Å². The van der Waals surface area contributed by atoms with Gasteiger partial charge in [0.25, 0.3) is 0 Å². The molecule has 1 atom stereocenters. The molecule has 1 fully saturated rings. The zero-order chi connectivity index (χ0) is 20.5. The standard InChI is InChI=1S/C22H20FN3O4/c23-16-6-3-14(4-7-16)17-2-1-11-26(17)21(27)10-9-20-24-25-22(30-20)15-5-8-18-19(12-15)29-13-28-18/h3-8,12,17H,1-2,9-11,13H2. The first-order valence-corrected chi connectivity index (χ1v) is 9.95. The molecular formula is C22H20FN3O4. The fraction of sp³-hybridized carbons (Fsp3) is 0.318. The molecule has 3 aromatic rings. The molecule has 1 saturated heterocycles. The zero-order valence-electron chi connectivity index (χ0n) is 16.2. The lowest BCUT2D eigenvalue weighted by molar-refractivity contribution is -0.132. The van der Waals surface area contributed by atoms with Crippen molar-refractivity contribution in [3.05, 3.63) is 59.7 Å². The van der Waals surface area contributed by atoms with Crippen LogP contribution in [0.5, 0.6) is 11.5 Å². The first-order valence-electron chi connectivity index (χ1n) is 9.95. The van der Waals surface area contributed by atoms with Crippen molar-refractivity contribution < 1.29 is 23.1 Å². The predicted molar refractivity (Wildman–Crippen MR) is 104 cm³/mol. The van der Waals surface area contributed by atoms with Gasteiger partial charge in [-0.25, -0.2) is 4.39 Å². The highest BCUT2D eigenvalue weighted by atomic mass is 19.1. The number of aryl methyl sites for hydroxylation is 1. The van der Waals surface area contributed by atoms with Crippen LogP contribution in [-0.4, -0.2) is 34.3 Å². The van der Waals surface area contributed by atoms with Crippen molar-refractivity contribution in [2.45, 2.75) is 31.7 Å². The van der Waals surface area contributed by atoms with Crippen LogP contribution in [0.1, 0.15) is 36.8 Å². The minimum atomic E-state index is -0.274. The smallest absolute Gasteiger partial charge is 0.247 e. The van der Waals surface area contributed by atoms with E-state index >= 15 is 0 Å². The number of ether oxygens (including phenoxy) is 2. The molecule has 1 unspecified atom stereocenters. The lowest BCUT2D eigenvalue weighted by Crippen LogP contribution is -2.30. The van der Waals surface area contributed by atoms with Crippen molar-refractivity contribution in [2.24, 2.45) is 0 Å². The number of carbonyl (C=O) groups is 1. The van der Waals surface area contributed by atoms with Crippen LogP contribution in [0, 0.1) is 5.82 Å². The van der Waals surface area contributed by atoms with Crippen LogP contribution in [-0.2, 0) is 11.2 Å². The number of rotatable bonds is 5. The second kappa shape index (κ2) is 7.78. The summed E-state index contributed by atoms with van der Waals surface area (Å²) >= 11 is 0. The van der Waals surface area contributed by atoms with Gasteiger partial charge in [-0.05, 0) is 48.7 Å². The summed E-state index contributed by atoms with van der Waals surface area (Å²) in [6.07, 6.45) is 2.46. The lowest BCUT2D eigenvalue weighted by Gasteiger charge is -2.25. The third-order valence-corrected chi connectivity index (χ3v) is 5.47. The molecule has 5 rings (SSSR count). The second-order valence-electron chi connectivity index (χ2n) is 7.37. The predicted octanol–water partition coefficient (Wildman–Crippen LogP) is 3.90. The second-order valence-corrected chi connectivity index (χ2v) is 7.37. The van der Waals surface area contributed by atoms with Crippen molar-refractivity contribution in [2.75, 3.05) is 13.3 Å². The van der Waals surface area contributed by atoms with E-state index in [1.807, 2.05) is 11.0 Å². The number of hydrogen-bond donors (Lipinski definition) is 0. The Balaban J connectivity index is 1.23. The van der Waals surface area contributed by atoms with Gasteiger partial charge in [0, 0.05) is 24.9 Å². The van der Waals surface area contributed by atoms with Gasteiger partial charge < -0.3 is 18.8 Å². The Morgan fingerprint density at radius 3 is 2.80 bits per heavy atom. The van der Waals surface area contributed by atoms with Crippen LogP contribution >= 0.6 is 0 Å². The Labute approximate surface area is 172 Å². The normalized spacial score (nSPS) is 17.5. The number of hydrogen-bond acceptors (Lipinski definition) is 6. The molecule has 7 nitrogen and oxygen atoms in total. The minimum absolute atomic E-state index is 0.00928. The van der Waals surface area contributed by atoms with E-state index in [4.69, 9.17) is 13.9 Å². The van der Waals surface area contributed by atoms with Gasteiger partial charge in [0.05, 0.1) is 6.04 Å². The first-order chi connectivity index (χ1) is 14.7. The molecular weight excluding hydrogens is 389 g/mol. The van der Waals surface area contributed by atoms with Crippen LogP contribution in [0.25, 0.3) is 11.5 Å². The van der Waals surface area contributed by atoms with Crippen molar-refractivity contribution in [3.63, 3.8) is 0 Å². The maximum Gasteiger partial charge on any atom is 0.247 e. The van der Waals surface area contributed by atoms with Gasteiger partial charge in [-0.15, -0.1) is 10.2 Å². The summed E-state index contributed by atoms with van der Waals surface area (Å²) < 4.78 is 29.6. The van der Waals surface area contributed by atoms with Gasteiger partial charge in [0.2, 0.25) is 24.5 Å². The van der Waals surface area contributed by atoms with E-state index in [0.29, 0.717) is 36.2 Å². The molecule has 154 valence electrons. The molecule has 0 bridgehead atoms. The number of carbonyl (C=O) groups excluding carboxylic acids is 1. The molecule has 2 aliphatic rings. The number of aromatic nitrogens is 2. The van der Waals surface area contributed by atoms with Gasteiger partial charge in [0.1, 0.15) is 5.82 Å². The summed E-state index contributed by atoms with van der Waals surface area (Å²) in [5.74, 6) is 1.87. The van der Waals surface area contributed by atoms with Crippen molar-refractivity contribution in [3.8, 4) is 23.0 Å². The molecule has 3 heterocycles. The minimum Gasteiger partial charge on any atom is -0.454 e. The topological polar surface area (TPSA) is 77.7 Å². The number of likely N-dealkylation sites (tertiary alicyclic amines) is 1. The molecule has 0 N–H and O–H groups in total. The molecule has 2 aromatic carbocycles. The molecule has 0 spiro atoms. The molecule has 1 amide bonds. The number of halogens is 1. The monoisotopic (exact) mass is 409 g/mol. The van der Waals surface area contributed by atoms with E-state index in [1.54, 1.807) is 24.3 Å². The van der Waals surface area contributed by atoms with Crippen LogP contribution in [0.15, 0.2) is 46.9 Å². The van der Waals surface area contributed by atoms with E-state index in [2.05, 4.69) is 10.2 Å². The van der Waals surface area contributed by atoms with Crippen LogP contribution in [0.3, 0.4) is 0 Å². The fourth-order valence-electron chi connectivity index (χ4n) is 3.96. The number of fused-ring (bicyclic) bond motifs is 1. The molecule has 0 saturated carbocycles. The Morgan fingerprint density at radius 1 is 1.10 bits per heavy atom. The third-order valence-electron chi connectivity index (χ3n) is 5.47. The average molecular weight is 409 g/mol. The van der Waals surface area contributed by atoms with E-state index in [0.717, 1.165) is 24.0 Å².